The van der Waals surface area contributed by atoms with Gasteiger partial charge in [0.15, 0.2) is 0 Å². The van der Waals surface area contributed by atoms with E-state index in [2.05, 4.69) is 43.6 Å². The number of nitrogen functional groups attached to an aromatic ring is 1. The highest BCUT2D eigenvalue weighted by Gasteiger charge is 2.10. The van der Waals surface area contributed by atoms with Gasteiger partial charge in [-0.3, -0.25) is 0 Å². The molecule has 108 valence electrons. The maximum atomic E-state index is 5.85. The Morgan fingerprint density at radius 3 is 2.05 bits per heavy atom. The molecule has 0 unspecified atom stereocenters. The molecule has 1 heterocycles. The fourth-order valence-electron chi connectivity index (χ4n) is 1.89. The number of pyridine rings is 1. The molecule has 0 atom stereocenters. The van der Waals surface area contributed by atoms with Crippen LogP contribution in [0.4, 0.5) is 11.5 Å². The molecule has 0 aromatic carbocycles. The lowest BCUT2D eigenvalue weighted by Crippen LogP contribution is -2.28. The first-order valence-corrected chi connectivity index (χ1v) is 7.37. The Morgan fingerprint density at radius 1 is 1.11 bits per heavy atom. The lowest BCUT2D eigenvalue weighted by Gasteiger charge is -2.26. The molecule has 0 spiro atoms. The van der Waals surface area contributed by atoms with Gasteiger partial charge < -0.3 is 10.6 Å². The number of anilines is 2. The van der Waals surface area contributed by atoms with Crippen molar-refractivity contribution < 1.29 is 0 Å². The van der Waals surface area contributed by atoms with E-state index in [9.17, 15) is 0 Å². The molecule has 19 heavy (non-hydrogen) atoms. The predicted octanol–water partition coefficient (Wildman–Crippen LogP) is 3.87. The number of aryl methyl sites for hydroxylation is 1. The first kappa shape index (κ1) is 15.8. The van der Waals surface area contributed by atoms with Gasteiger partial charge in [0.05, 0.1) is 11.9 Å². The first-order valence-electron chi connectivity index (χ1n) is 7.37. The maximum absolute atomic E-state index is 5.85. The van der Waals surface area contributed by atoms with E-state index in [4.69, 9.17) is 5.73 Å². The second kappa shape index (κ2) is 7.37. The average molecular weight is 263 g/mol. The van der Waals surface area contributed by atoms with E-state index in [-0.39, 0.29) is 0 Å². The molecular weight excluding hydrogens is 234 g/mol. The van der Waals surface area contributed by atoms with Crippen molar-refractivity contribution in [3.05, 3.63) is 17.8 Å². The minimum absolute atomic E-state index is 0.719. The summed E-state index contributed by atoms with van der Waals surface area (Å²) >= 11 is 0. The Hall–Kier alpha value is -1.25. The van der Waals surface area contributed by atoms with Gasteiger partial charge in [-0.2, -0.15) is 0 Å². The Balaban J connectivity index is 2.78. The molecule has 0 bridgehead atoms. The minimum Gasteiger partial charge on any atom is -0.397 e. The molecule has 3 nitrogen and oxygen atoms in total. The summed E-state index contributed by atoms with van der Waals surface area (Å²) < 4.78 is 0. The molecule has 0 radical (unpaired) electrons. The summed E-state index contributed by atoms with van der Waals surface area (Å²) in [7, 11) is 0. The number of hydrogen-bond donors (Lipinski definition) is 1. The summed E-state index contributed by atoms with van der Waals surface area (Å²) in [6.07, 6.45) is 4.18. The highest BCUT2D eigenvalue weighted by atomic mass is 15.2. The standard InChI is InChI=1S/C16H29N3/c1-12(2)6-8-19(9-7-13(3)4)16-10-14(5)15(17)11-18-16/h10-13H,6-9,17H2,1-5H3. The minimum atomic E-state index is 0.719. The van der Waals surface area contributed by atoms with Gasteiger partial charge in [-0.05, 0) is 43.2 Å². The van der Waals surface area contributed by atoms with Crippen LogP contribution in [0, 0.1) is 18.8 Å². The number of aromatic nitrogens is 1. The van der Waals surface area contributed by atoms with Crippen molar-refractivity contribution in [2.45, 2.75) is 47.5 Å². The highest BCUT2D eigenvalue weighted by molar-refractivity contribution is 5.52. The van der Waals surface area contributed by atoms with E-state index in [1.165, 1.54) is 12.8 Å². The van der Waals surface area contributed by atoms with Crippen molar-refractivity contribution in [1.29, 1.82) is 0 Å². The van der Waals surface area contributed by atoms with Gasteiger partial charge in [0.1, 0.15) is 5.82 Å². The van der Waals surface area contributed by atoms with Crippen LogP contribution < -0.4 is 10.6 Å². The zero-order valence-electron chi connectivity index (χ0n) is 13.1. The van der Waals surface area contributed by atoms with Crippen LogP contribution in [-0.4, -0.2) is 18.1 Å². The van der Waals surface area contributed by atoms with Crippen molar-refractivity contribution in [2.24, 2.45) is 11.8 Å². The first-order chi connectivity index (χ1) is 8.90. The number of rotatable bonds is 7. The number of nitrogens with two attached hydrogens (primary N) is 1. The molecule has 3 heteroatoms. The zero-order valence-corrected chi connectivity index (χ0v) is 13.1. The van der Waals surface area contributed by atoms with E-state index < -0.39 is 0 Å². The summed E-state index contributed by atoms with van der Waals surface area (Å²) in [4.78, 5) is 6.89. The number of hydrogen-bond acceptors (Lipinski definition) is 3. The second-order valence-electron chi connectivity index (χ2n) is 6.25. The monoisotopic (exact) mass is 263 g/mol. The van der Waals surface area contributed by atoms with Crippen LogP contribution in [0.25, 0.3) is 0 Å². The third-order valence-corrected chi connectivity index (χ3v) is 3.41. The van der Waals surface area contributed by atoms with Crippen molar-refractivity contribution in [1.82, 2.24) is 4.98 Å². The van der Waals surface area contributed by atoms with Crippen LogP contribution >= 0.6 is 0 Å². The molecule has 2 N–H and O–H groups in total. The Bertz CT molecular complexity index is 374. The smallest absolute Gasteiger partial charge is 0.128 e. The fourth-order valence-corrected chi connectivity index (χ4v) is 1.89. The molecule has 1 aromatic heterocycles. The maximum Gasteiger partial charge on any atom is 0.128 e. The van der Waals surface area contributed by atoms with Crippen LogP contribution in [0.2, 0.25) is 0 Å². The third-order valence-electron chi connectivity index (χ3n) is 3.41. The average Bonchev–Trinajstić information content (AvgIpc) is 2.32. The zero-order chi connectivity index (χ0) is 14.4. The third kappa shape index (κ3) is 5.50. The summed E-state index contributed by atoms with van der Waals surface area (Å²) in [6.45, 7) is 13.3. The predicted molar refractivity (Wildman–Crippen MR) is 84.5 cm³/mol. The van der Waals surface area contributed by atoms with Crippen LogP contribution in [0.1, 0.15) is 46.1 Å². The Morgan fingerprint density at radius 2 is 1.63 bits per heavy atom. The van der Waals surface area contributed by atoms with Crippen molar-refractivity contribution >= 4 is 11.5 Å². The molecule has 0 aliphatic heterocycles. The van der Waals surface area contributed by atoms with Crippen molar-refractivity contribution in [2.75, 3.05) is 23.7 Å². The molecule has 1 aromatic rings. The molecule has 0 saturated carbocycles. The van der Waals surface area contributed by atoms with Crippen LogP contribution in [0.5, 0.6) is 0 Å². The lowest BCUT2D eigenvalue weighted by molar-refractivity contribution is 0.533. The second-order valence-corrected chi connectivity index (χ2v) is 6.25. The number of nitrogens with zero attached hydrogens (tertiary/aromatic N) is 2. The molecule has 0 amide bonds. The quantitative estimate of drug-likeness (QED) is 0.812. The van der Waals surface area contributed by atoms with Gasteiger partial charge in [-0.15, -0.1) is 0 Å². The summed E-state index contributed by atoms with van der Waals surface area (Å²) in [5.74, 6) is 2.50. The molecule has 0 aliphatic carbocycles. The summed E-state index contributed by atoms with van der Waals surface area (Å²) in [6, 6.07) is 2.11. The molecular formula is C16H29N3. The van der Waals surface area contributed by atoms with Gasteiger partial charge in [-0.25, -0.2) is 4.98 Å². The SMILES string of the molecule is Cc1cc(N(CCC(C)C)CCC(C)C)ncc1N. The molecule has 0 aliphatic rings. The van der Waals surface area contributed by atoms with E-state index in [1.54, 1.807) is 6.20 Å². The van der Waals surface area contributed by atoms with Gasteiger partial charge in [0, 0.05) is 13.1 Å². The van der Waals surface area contributed by atoms with Gasteiger partial charge in [-0.1, -0.05) is 27.7 Å². The van der Waals surface area contributed by atoms with E-state index in [0.29, 0.717) is 0 Å². The Labute approximate surface area is 118 Å². The molecule has 1 rings (SSSR count). The normalized spacial score (nSPS) is 11.3. The van der Waals surface area contributed by atoms with Gasteiger partial charge >= 0.3 is 0 Å². The van der Waals surface area contributed by atoms with Crippen LogP contribution in [0.3, 0.4) is 0 Å². The Kier molecular flexibility index (Phi) is 6.13. The van der Waals surface area contributed by atoms with Gasteiger partial charge in [0.2, 0.25) is 0 Å². The largest absolute Gasteiger partial charge is 0.397 e. The fraction of sp³-hybridized carbons (Fsp3) is 0.688. The van der Waals surface area contributed by atoms with Crippen molar-refractivity contribution in [3.63, 3.8) is 0 Å². The van der Waals surface area contributed by atoms with E-state index >= 15 is 0 Å². The van der Waals surface area contributed by atoms with Crippen LogP contribution in [-0.2, 0) is 0 Å². The van der Waals surface area contributed by atoms with Crippen LogP contribution in [0.15, 0.2) is 12.3 Å². The summed E-state index contributed by atoms with van der Waals surface area (Å²) in [5.41, 5.74) is 7.74. The topological polar surface area (TPSA) is 42.2 Å². The molecule has 0 fully saturated rings. The lowest BCUT2D eigenvalue weighted by atomic mass is 10.1. The summed E-state index contributed by atoms with van der Waals surface area (Å²) in [5, 5.41) is 0. The highest BCUT2D eigenvalue weighted by Crippen LogP contribution is 2.19. The van der Waals surface area contributed by atoms with Gasteiger partial charge in [0.25, 0.3) is 0 Å². The van der Waals surface area contributed by atoms with E-state index in [1.807, 2.05) is 6.92 Å². The molecule has 0 saturated heterocycles. The van der Waals surface area contributed by atoms with E-state index in [0.717, 1.165) is 42.0 Å². The van der Waals surface area contributed by atoms with Crippen molar-refractivity contribution in [3.8, 4) is 0 Å².